The molecule has 2 aromatic carbocycles. The third-order valence-electron chi connectivity index (χ3n) is 11.9. The van der Waals surface area contributed by atoms with Gasteiger partial charge in [-0.1, -0.05) is 64.1 Å². The number of fused-ring (bicyclic) bond motifs is 1. The van der Waals surface area contributed by atoms with Crippen LogP contribution in [0.15, 0.2) is 48.8 Å². The van der Waals surface area contributed by atoms with Crippen molar-refractivity contribution in [2.24, 2.45) is 11.8 Å². The molecule has 14 nitrogen and oxygen atoms in total. The number of likely N-dealkylation sites (tertiary alicyclic amines) is 2. The van der Waals surface area contributed by atoms with Crippen LogP contribution in [0.25, 0.3) is 33.6 Å². The third kappa shape index (κ3) is 8.05. The number of hydrogen-bond donors (Lipinski definition) is 4. The van der Waals surface area contributed by atoms with Crippen molar-refractivity contribution in [1.82, 2.24) is 35.1 Å². The van der Waals surface area contributed by atoms with E-state index in [2.05, 4.69) is 51.7 Å². The molecule has 0 saturated carbocycles. The number of amides is 4. The van der Waals surface area contributed by atoms with Gasteiger partial charge in [0.2, 0.25) is 5.91 Å². The lowest BCUT2D eigenvalue weighted by Gasteiger charge is -2.30. The topological polar surface area (TPSA) is 179 Å². The Labute approximate surface area is 333 Å². The van der Waals surface area contributed by atoms with Gasteiger partial charge in [-0.2, -0.15) is 4.79 Å². The zero-order valence-electron chi connectivity index (χ0n) is 33.8. The molecule has 57 heavy (non-hydrogen) atoms. The van der Waals surface area contributed by atoms with Crippen LogP contribution in [-0.2, 0) is 31.9 Å². The lowest BCUT2D eigenvalue weighted by Crippen LogP contribution is -2.96. The quantitative estimate of drug-likeness (QED) is 0.150. The van der Waals surface area contributed by atoms with Gasteiger partial charge >= 0.3 is 12.2 Å². The zero-order valence-corrected chi connectivity index (χ0v) is 33.8. The number of carbonyl (C=O) groups excluding carboxylic acids is 4. The number of nitrogens with one attached hydrogen (secondary N) is 3. The van der Waals surface area contributed by atoms with Crippen LogP contribution in [-0.4, -0.2) is 93.1 Å². The maximum atomic E-state index is 13.7. The Balaban J connectivity index is 1.07. The van der Waals surface area contributed by atoms with Crippen molar-refractivity contribution in [3.63, 3.8) is 0 Å². The lowest BCUT2D eigenvalue weighted by atomic mass is 9.92. The Morgan fingerprint density at radius 3 is 1.88 bits per heavy atom. The maximum Gasteiger partial charge on any atom is 0.513 e. The van der Waals surface area contributed by atoms with E-state index in [-0.39, 0.29) is 35.7 Å². The Bertz CT molecular complexity index is 2110. The van der Waals surface area contributed by atoms with E-state index < -0.39 is 24.3 Å². The highest BCUT2D eigenvalue weighted by Crippen LogP contribution is 2.40. The number of carbonyl (C=O) groups is 4. The predicted octanol–water partition coefficient (Wildman–Crippen LogP) is 5.68. The monoisotopic (exact) mass is 779 g/mol. The van der Waals surface area contributed by atoms with Crippen LogP contribution in [0.2, 0.25) is 0 Å². The minimum Gasteiger partial charge on any atom is -0.453 e. The minimum absolute atomic E-state index is 0.0474. The van der Waals surface area contributed by atoms with Gasteiger partial charge in [0, 0.05) is 24.6 Å². The molecule has 302 valence electrons. The molecule has 3 aliphatic rings. The first-order valence-electron chi connectivity index (χ1n) is 20.2. The van der Waals surface area contributed by atoms with E-state index in [4.69, 9.17) is 19.4 Å². The Kier molecular flexibility index (Phi) is 11.8. The van der Waals surface area contributed by atoms with Gasteiger partial charge in [-0.3, -0.25) is 9.59 Å². The highest BCUT2D eigenvalue weighted by Gasteiger charge is 2.40. The predicted molar refractivity (Wildman–Crippen MR) is 214 cm³/mol. The fourth-order valence-electron chi connectivity index (χ4n) is 8.82. The summed E-state index contributed by atoms with van der Waals surface area (Å²) in [6, 6.07) is 11.3. The van der Waals surface area contributed by atoms with Gasteiger partial charge in [-0.05, 0) is 78.7 Å². The normalized spacial score (nSPS) is 18.9. The number of primary amides is 1. The summed E-state index contributed by atoms with van der Waals surface area (Å²) < 4.78 is 9.61. The van der Waals surface area contributed by atoms with Crippen molar-refractivity contribution in [3.05, 3.63) is 71.6 Å². The van der Waals surface area contributed by atoms with Crippen LogP contribution in [0.3, 0.4) is 0 Å². The number of methoxy groups -OCH3 is 2. The average Bonchev–Trinajstić information content (AvgIpc) is 4.07. The first-order valence-corrected chi connectivity index (χ1v) is 20.2. The molecular formula is C43H55N8O6+. The van der Waals surface area contributed by atoms with E-state index in [0.717, 1.165) is 84.7 Å². The SMILES string of the molecule is COC(=O)NC(C(=O)N1CCCC1c1ncc(-c2ccc(-c3ccc(-c4cnc(C5CCCN5C(=O)C([NH2+]C(=O)OC)C(C)C)[nH]4)cc3)c3c2CCC3)[nH]1)C(C)C. The van der Waals surface area contributed by atoms with Crippen LogP contribution in [0.4, 0.5) is 9.59 Å². The van der Waals surface area contributed by atoms with Crippen molar-refractivity contribution >= 4 is 24.0 Å². The zero-order chi connectivity index (χ0) is 40.4. The number of benzene rings is 2. The van der Waals surface area contributed by atoms with Crippen LogP contribution < -0.4 is 10.6 Å². The second-order valence-electron chi connectivity index (χ2n) is 16.1. The summed E-state index contributed by atoms with van der Waals surface area (Å²) in [6.07, 6.45) is 8.97. The summed E-state index contributed by atoms with van der Waals surface area (Å²) in [5.74, 6) is 1.15. The van der Waals surface area contributed by atoms with Gasteiger partial charge < -0.3 is 34.6 Å². The van der Waals surface area contributed by atoms with E-state index in [9.17, 15) is 19.2 Å². The van der Waals surface area contributed by atoms with Crippen LogP contribution in [0, 0.1) is 11.8 Å². The van der Waals surface area contributed by atoms with Gasteiger partial charge in [-0.15, -0.1) is 0 Å². The van der Waals surface area contributed by atoms with E-state index >= 15 is 0 Å². The molecule has 2 saturated heterocycles. The smallest absolute Gasteiger partial charge is 0.453 e. The molecule has 14 heteroatoms. The molecule has 0 spiro atoms. The second-order valence-corrected chi connectivity index (χ2v) is 16.1. The number of nitrogens with zero attached hydrogens (tertiary/aromatic N) is 4. The number of H-pyrrole nitrogens is 2. The summed E-state index contributed by atoms with van der Waals surface area (Å²) in [5.41, 5.74) is 9.00. The molecular weight excluding hydrogens is 725 g/mol. The fraction of sp³-hybridized carbons (Fsp3) is 0.488. The summed E-state index contributed by atoms with van der Waals surface area (Å²) in [4.78, 5) is 71.6. The summed E-state index contributed by atoms with van der Waals surface area (Å²) in [6.45, 7) is 8.93. The maximum absolute atomic E-state index is 13.7. The first-order chi connectivity index (χ1) is 27.5. The minimum atomic E-state index is -0.683. The van der Waals surface area contributed by atoms with Crippen molar-refractivity contribution in [1.29, 1.82) is 0 Å². The molecule has 2 aliphatic heterocycles. The van der Waals surface area contributed by atoms with E-state index in [1.807, 2.05) is 49.9 Å². The summed E-state index contributed by atoms with van der Waals surface area (Å²) >= 11 is 0. The second kappa shape index (κ2) is 16.9. The number of ether oxygens (including phenoxy) is 2. The number of hydrogen-bond acceptors (Lipinski definition) is 8. The molecule has 0 radical (unpaired) electrons. The number of aromatic nitrogens is 4. The molecule has 2 aromatic heterocycles. The summed E-state index contributed by atoms with van der Waals surface area (Å²) in [5, 5.41) is 4.11. The molecule has 0 bridgehead atoms. The highest BCUT2D eigenvalue weighted by molar-refractivity contribution is 5.86. The number of rotatable bonds is 11. The Morgan fingerprint density at radius 1 is 0.719 bits per heavy atom. The molecule has 2 fully saturated rings. The Morgan fingerprint density at radius 2 is 1.28 bits per heavy atom. The van der Waals surface area contributed by atoms with E-state index in [1.54, 1.807) is 0 Å². The molecule has 4 amide bonds. The molecule has 4 atom stereocenters. The molecule has 1 aliphatic carbocycles. The van der Waals surface area contributed by atoms with Gasteiger partial charge in [0.15, 0.2) is 6.04 Å². The Hall–Kier alpha value is -5.50. The number of nitrogens with two attached hydrogens (primary N) is 1. The number of quaternary nitrogens is 1. The van der Waals surface area contributed by atoms with Crippen molar-refractivity contribution in [2.45, 2.75) is 96.8 Å². The van der Waals surface area contributed by atoms with Gasteiger partial charge in [-0.25, -0.2) is 20.1 Å². The first kappa shape index (κ1) is 39.7. The van der Waals surface area contributed by atoms with Crippen LogP contribution >= 0.6 is 0 Å². The molecule has 4 heterocycles. The molecule has 7 rings (SSSR count). The van der Waals surface area contributed by atoms with Crippen LogP contribution in [0.1, 0.15) is 94.7 Å². The molecule has 4 unspecified atom stereocenters. The van der Waals surface area contributed by atoms with Crippen molar-refractivity contribution < 1.29 is 34.0 Å². The average molecular weight is 780 g/mol. The van der Waals surface area contributed by atoms with E-state index in [1.165, 1.54) is 36.2 Å². The number of imidazole rings is 2. The van der Waals surface area contributed by atoms with Crippen LogP contribution in [0.5, 0.6) is 0 Å². The standard InChI is InChI=1S/C43H54N8O6/c1-24(2)36(48-42(54)56-5)40(52)50-20-8-12-34(50)38-44-22-32(46-38)27-16-14-26(15-17-27)28-18-19-31(30-11-7-10-29(28)30)33-23-45-39(47-33)35-13-9-21-51(35)41(53)37(25(3)4)49-43(55)57-6/h14-19,22-25,34-37H,7-13,20-21H2,1-6H3,(H,44,46)(H,45,47)(H,48,54)(H,49,55)/p+1. The number of aromatic amines is 2. The fourth-order valence-corrected chi connectivity index (χ4v) is 8.82. The lowest BCUT2D eigenvalue weighted by molar-refractivity contribution is -0.601. The highest BCUT2D eigenvalue weighted by atomic mass is 16.5. The largest absolute Gasteiger partial charge is 0.513 e. The summed E-state index contributed by atoms with van der Waals surface area (Å²) in [7, 11) is 2.63. The van der Waals surface area contributed by atoms with Gasteiger partial charge in [0.1, 0.15) is 17.7 Å². The van der Waals surface area contributed by atoms with Crippen molar-refractivity contribution in [3.8, 4) is 33.6 Å². The van der Waals surface area contributed by atoms with E-state index in [0.29, 0.717) is 13.1 Å². The molecule has 4 aromatic rings. The van der Waals surface area contributed by atoms with Gasteiger partial charge in [0.25, 0.3) is 5.91 Å². The molecule has 5 N–H and O–H groups in total. The third-order valence-corrected chi connectivity index (χ3v) is 11.9. The number of alkyl carbamates (subject to hydrolysis) is 1. The van der Waals surface area contributed by atoms with Crippen molar-refractivity contribution in [2.75, 3.05) is 27.3 Å². The van der Waals surface area contributed by atoms with Gasteiger partial charge in [0.05, 0.1) is 50.1 Å².